The molecule has 0 radical (unpaired) electrons. The van der Waals surface area contributed by atoms with Crippen molar-refractivity contribution in [3.63, 3.8) is 0 Å². The largest absolute Gasteiger partial charge is 0.458 e. The van der Waals surface area contributed by atoms with E-state index in [9.17, 15) is 4.79 Å². The number of para-hydroxylation sites is 1. The zero-order valence-corrected chi connectivity index (χ0v) is 15.8. The molecule has 1 aliphatic rings. The highest BCUT2D eigenvalue weighted by Crippen LogP contribution is 2.36. The minimum absolute atomic E-state index is 0.0176. The average molecular weight is 352 g/mol. The fraction of sp³-hybridized carbons (Fsp3) is 0.455. The van der Waals surface area contributed by atoms with Crippen molar-refractivity contribution in [1.82, 2.24) is 4.98 Å². The van der Waals surface area contributed by atoms with Crippen LogP contribution in [0.25, 0.3) is 0 Å². The molecular formula is C22H28N2O2. The molecule has 1 N–H and O–H groups in total. The van der Waals surface area contributed by atoms with E-state index in [-0.39, 0.29) is 12.1 Å². The Hall–Kier alpha value is -2.36. The van der Waals surface area contributed by atoms with Gasteiger partial charge in [0.1, 0.15) is 17.5 Å². The van der Waals surface area contributed by atoms with Crippen LogP contribution in [-0.4, -0.2) is 17.1 Å². The topological polar surface area (TPSA) is 51.2 Å². The lowest BCUT2D eigenvalue weighted by Crippen LogP contribution is -2.36. The van der Waals surface area contributed by atoms with E-state index in [1.807, 2.05) is 30.3 Å². The number of nitrogens with one attached hydrogen (secondary N) is 1. The van der Waals surface area contributed by atoms with Crippen LogP contribution in [0.1, 0.15) is 50.4 Å². The van der Waals surface area contributed by atoms with Gasteiger partial charge in [0.15, 0.2) is 0 Å². The quantitative estimate of drug-likeness (QED) is 0.728. The Balaban J connectivity index is 1.77. The average Bonchev–Trinajstić information content (AvgIpc) is 2.63. The van der Waals surface area contributed by atoms with Crippen molar-refractivity contribution in [3.8, 4) is 0 Å². The van der Waals surface area contributed by atoms with Crippen LogP contribution in [0.2, 0.25) is 0 Å². The molecule has 1 aliphatic carbocycles. The number of hydrogen-bond acceptors (Lipinski definition) is 4. The van der Waals surface area contributed by atoms with Gasteiger partial charge in [0.25, 0.3) is 0 Å². The summed E-state index contributed by atoms with van der Waals surface area (Å²) in [4.78, 5) is 17.2. The number of aromatic nitrogens is 1. The number of carbonyl (C=O) groups excluding carboxylic acids is 1. The first-order valence-corrected chi connectivity index (χ1v) is 9.52. The number of carbonyl (C=O) groups is 1. The van der Waals surface area contributed by atoms with Gasteiger partial charge in [0, 0.05) is 11.9 Å². The van der Waals surface area contributed by atoms with Crippen molar-refractivity contribution < 1.29 is 9.53 Å². The summed E-state index contributed by atoms with van der Waals surface area (Å²) in [5.74, 6) is 1.78. The summed E-state index contributed by atoms with van der Waals surface area (Å²) in [6, 6.07) is 13.3. The van der Waals surface area contributed by atoms with Crippen molar-refractivity contribution in [2.75, 3.05) is 5.32 Å². The van der Waals surface area contributed by atoms with Gasteiger partial charge in [0.2, 0.25) is 0 Å². The molecule has 4 heteroatoms. The maximum Gasteiger partial charge on any atom is 0.342 e. The van der Waals surface area contributed by atoms with Crippen LogP contribution in [0.4, 0.5) is 11.5 Å². The lowest BCUT2D eigenvalue weighted by Gasteiger charge is -2.36. The van der Waals surface area contributed by atoms with Gasteiger partial charge in [-0.05, 0) is 54.9 Å². The summed E-state index contributed by atoms with van der Waals surface area (Å²) in [6.07, 6.45) is 4.94. The molecule has 1 aromatic carbocycles. The van der Waals surface area contributed by atoms with E-state index in [2.05, 4.69) is 31.1 Å². The summed E-state index contributed by atoms with van der Waals surface area (Å²) in [5.41, 5.74) is 1.38. The highest BCUT2D eigenvalue weighted by atomic mass is 16.5. The summed E-state index contributed by atoms with van der Waals surface area (Å²) in [5, 5.41) is 3.22. The van der Waals surface area contributed by atoms with E-state index in [0.29, 0.717) is 29.1 Å². The zero-order chi connectivity index (χ0) is 18.5. The van der Waals surface area contributed by atoms with Crippen molar-refractivity contribution in [2.45, 2.75) is 46.1 Å². The van der Waals surface area contributed by atoms with E-state index in [4.69, 9.17) is 4.74 Å². The third kappa shape index (κ3) is 4.43. The molecule has 0 spiro atoms. The van der Waals surface area contributed by atoms with E-state index in [1.165, 1.54) is 6.42 Å². The molecule has 3 rings (SSSR count). The van der Waals surface area contributed by atoms with Crippen LogP contribution in [0.5, 0.6) is 0 Å². The van der Waals surface area contributed by atoms with Gasteiger partial charge in [-0.25, -0.2) is 9.78 Å². The first-order chi connectivity index (χ1) is 12.5. The van der Waals surface area contributed by atoms with Gasteiger partial charge in [-0.3, -0.25) is 0 Å². The number of benzene rings is 1. The lowest BCUT2D eigenvalue weighted by molar-refractivity contribution is -0.0173. The van der Waals surface area contributed by atoms with Gasteiger partial charge in [-0.2, -0.15) is 0 Å². The summed E-state index contributed by atoms with van der Waals surface area (Å²) >= 11 is 0. The molecule has 1 saturated carbocycles. The van der Waals surface area contributed by atoms with Crippen LogP contribution < -0.4 is 5.32 Å². The second-order valence-corrected chi connectivity index (χ2v) is 7.66. The SMILES string of the molecule is CC1CCC(C(C)C)C(OC(=O)c2cccnc2Nc2ccccc2)C1. The number of anilines is 2. The number of rotatable bonds is 5. The summed E-state index contributed by atoms with van der Waals surface area (Å²) in [7, 11) is 0. The number of nitrogens with zero attached hydrogens (tertiary/aromatic N) is 1. The molecule has 3 atom stereocenters. The van der Waals surface area contributed by atoms with Crippen LogP contribution in [0.15, 0.2) is 48.7 Å². The fourth-order valence-corrected chi connectivity index (χ4v) is 3.78. The molecule has 1 heterocycles. The molecule has 0 bridgehead atoms. The third-order valence-electron chi connectivity index (χ3n) is 5.28. The Labute approximate surface area is 156 Å². The molecule has 1 fully saturated rings. The number of pyridine rings is 1. The van der Waals surface area contributed by atoms with Gasteiger partial charge in [-0.15, -0.1) is 0 Å². The van der Waals surface area contributed by atoms with Crippen LogP contribution >= 0.6 is 0 Å². The van der Waals surface area contributed by atoms with E-state index >= 15 is 0 Å². The summed E-state index contributed by atoms with van der Waals surface area (Å²) < 4.78 is 5.98. The number of ether oxygens (including phenoxy) is 1. The van der Waals surface area contributed by atoms with Crippen molar-refractivity contribution in [2.24, 2.45) is 17.8 Å². The van der Waals surface area contributed by atoms with Crippen LogP contribution in [-0.2, 0) is 4.74 Å². The van der Waals surface area contributed by atoms with Crippen molar-refractivity contribution in [3.05, 3.63) is 54.2 Å². The molecule has 3 unspecified atom stereocenters. The van der Waals surface area contributed by atoms with Gasteiger partial charge in [-0.1, -0.05) is 45.4 Å². The Morgan fingerprint density at radius 3 is 2.65 bits per heavy atom. The third-order valence-corrected chi connectivity index (χ3v) is 5.28. The molecule has 138 valence electrons. The van der Waals surface area contributed by atoms with E-state index in [1.54, 1.807) is 18.3 Å². The minimum atomic E-state index is -0.290. The normalized spacial score (nSPS) is 22.8. The van der Waals surface area contributed by atoms with E-state index < -0.39 is 0 Å². The maximum atomic E-state index is 12.9. The first-order valence-electron chi connectivity index (χ1n) is 9.52. The second kappa shape index (κ2) is 8.35. The first kappa shape index (κ1) is 18.4. The maximum absolute atomic E-state index is 12.9. The zero-order valence-electron chi connectivity index (χ0n) is 15.8. The fourth-order valence-electron chi connectivity index (χ4n) is 3.78. The van der Waals surface area contributed by atoms with Crippen molar-refractivity contribution >= 4 is 17.5 Å². The number of hydrogen-bond donors (Lipinski definition) is 1. The molecule has 0 saturated heterocycles. The Bertz CT molecular complexity index is 730. The predicted molar refractivity (Wildman–Crippen MR) is 105 cm³/mol. The Morgan fingerprint density at radius 1 is 1.15 bits per heavy atom. The molecule has 0 aliphatic heterocycles. The van der Waals surface area contributed by atoms with Crippen LogP contribution in [0.3, 0.4) is 0 Å². The Morgan fingerprint density at radius 2 is 1.92 bits per heavy atom. The predicted octanol–water partition coefficient (Wildman–Crippen LogP) is 5.44. The molecule has 0 amide bonds. The molecule has 4 nitrogen and oxygen atoms in total. The summed E-state index contributed by atoms with van der Waals surface area (Å²) in [6.45, 7) is 6.67. The monoisotopic (exact) mass is 352 g/mol. The van der Waals surface area contributed by atoms with Crippen LogP contribution in [0, 0.1) is 17.8 Å². The van der Waals surface area contributed by atoms with Gasteiger partial charge in [0.05, 0.1) is 0 Å². The van der Waals surface area contributed by atoms with Gasteiger partial charge < -0.3 is 10.1 Å². The molecule has 26 heavy (non-hydrogen) atoms. The van der Waals surface area contributed by atoms with Gasteiger partial charge >= 0.3 is 5.97 Å². The molecular weight excluding hydrogens is 324 g/mol. The Kier molecular flexibility index (Phi) is 5.92. The highest BCUT2D eigenvalue weighted by molar-refractivity contribution is 5.95. The smallest absolute Gasteiger partial charge is 0.342 e. The van der Waals surface area contributed by atoms with Crippen molar-refractivity contribution in [1.29, 1.82) is 0 Å². The highest BCUT2D eigenvalue weighted by Gasteiger charge is 2.34. The minimum Gasteiger partial charge on any atom is -0.458 e. The van der Waals surface area contributed by atoms with E-state index in [0.717, 1.165) is 18.5 Å². The lowest BCUT2D eigenvalue weighted by atomic mass is 9.75. The molecule has 1 aromatic heterocycles. The standard InChI is InChI=1S/C22H28N2O2/c1-15(2)18-12-11-16(3)14-20(18)26-22(25)19-10-7-13-23-21(19)24-17-8-5-4-6-9-17/h4-10,13,15-16,18,20H,11-12,14H2,1-3H3,(H,23,24). The second-order valence-electron chi connectivity index (χ2n) is 7.66. The number of esters is 1. The molecule has 2 aromatic rings.